The van der Waals surface area contributed by atoms with Crippen molar-refractivity contribution in [3.05, 3.63) is 5.69 Å². The summed E-state index contributed by atoms with van der Waals surface area (Å²) in [5.74, 6) is 0.0813. The van der Waals surface area contributed by atoms with Crippen molar-refractivity contribution in [2.45, 2.75) is 32.5 Å². The average molecular weight is 261 g/mol. The van der Waals surface area contributed by atoms with Crippen molar-refractivity contribution in [1.82, 2.24) is 19.3 Å². The van der Waals surface area contributed by atoms with Crippen molar-refractivity contribution >= 4 is 17.1 Å². The van der Waals surface area contributed by atoms with Gasteiger partial charge < -0.3 is 5.73 Å². The van der Waals surface area contributed by atoms with Crippen LogP contribution in [-0.4, -0.2) is 25.5 Å². The van der Waals surface area contributed by atoms with E-state index in [1.54, 1.807) is 14.0 Å². The number of alkyl halides is 3. The Bertz CT molecular complexity index is 580. The largest absolute Gasteiger partial charge is 0.391 e. The van der Waals surface area contributed by atoms with Crippen molar-refractivity contribution in [3.63, 3.8) is 0 Å². The van der Waals surface area contributed by atoms with Crippen molar-refractivity contribution in [1.29, 1.82) is 0 Å². The molecule has 0 spiro atoms. The highest BCUT2D eigenvalue weighted by molar-refractivity contribution is 5.77. The highest BCUT2D eigenvalue weighted by Gasteiger charge is 2.32. The molecule has 0 amide bonds. The van der Waals surface area contributed by atoms with Gasteiger partial charge in [0.25, 0.3) is 0 Å². The summed E-state index contributed by atoms with van der Waals surface area (Å²) in [6, 6.07) is -0.815. The summed E-state index contributed by atoms with van der Waals surface area (Å²) in [6.45, 7) is 3.21. The van der Waals surface area contributed by atoms with Gasteiger partial charge in [-0.25, -0.2) is 4.98 Å². The molecule has 2 N–H and O–H groups in total. The van der Waals surface area contributed by atoms with E-state index in [2.05, 4.69) is 10.1 Å². The van der Waals surface area contributed by atoms with Crippen LogP contribution in [0.5, 0.6) is 0 Å². The molecular weight excluding hydrogens is 247 g/mol. The fourth-order valence-corrected chi connectivity index (χ4v) is 2.17. The summed E-state index contributed by atoms with van der Waals surface area (Å²) in [7, 11) is 1.66. The Morgan fingerprint density at radius 1 is 1.39 bits per heavy atom. The molecule has 0 aliphatic heterocycles. The number of rotatable bonds is 2. The van der Waals surface area contributed by atoms with E-state index < -0.39 is 18.6 Å². The number of aromatic nitrogens is 4. The minimum Gasteiger partial charge on any atom is -0.369 e. The summed E-state index contributed by atoms with van der Waals surface area (Å²) in [5.41, 5.74) is 7.41. The minimum atomic E-state index is -4.24. The van der Waals surface area contributed by atoms with Crippen LogP contribution in [-0.2, 0) is 7.05 Å². The van der Waals surface area contributed by atoms with E-state index in [-0.39, 0.29) is 5.95 Å². The summed E-state index contributed by atoms with van der Waals surface area (Å²) >= 11 is 0. The Balaban J connectivity index is 2.53. The van der Waals surface area contributed by atoms with E-state index in [9.17, 15) is 13.2 Å². The third-order valence-electron chi connectivity index (χ3n) is 2.83. The molecule has 18 heavy (non-hydrogen) atoms. The summed E-state index contributed by atoms with van der Waals surface area (Å²) in [6.07, 6.45) is -5.19. The van der Waals surface area contributed by atoms with Gasteiger partial charge in [-0.3, -0.25) is 9.25 Å². The van der Waals surface area contributed by atoms with Crippen molar-refractivity contribution in [3.8, 4) is 0 Å². The first-order chi connectivity index (χ1) is 8.20. The van der Waals surface area contributed by atoms with Gasteiger partial charge in [-0.05, 0) is 13.8 Å². The number of halogens is 3. The van der Waals surface area contributed by atoms with Gasteiger partial charge in [-0.2, -0.15) is 18.3 Å². The Kier molecular flexibility index (Phi) is 2.75. The van der Waals surface area contributed by atoms with Gasteiger partial charge in [-0.15, -0.1) is 0 Å². The lowest BCUT2D eigenvalue weighted by molar-refractivity contribution is -0.141. The molecule has 0 aliphatic carbocycles. The number of aryl methyl sites for hydroxylation is 2. The number of hydrogen-bond acceptors (Lipinski definition) is 3. The zero-order chi connectivity index (χ0) is 13.7. The predicted molar refractivity (Wildman–Crippen MR) is 61.0 cm³/mol. The van der Waals surface area contributed by atoms with Gasteiger partial charge in [0.05, 0.1) is 12.1 Å². The van der Waals surface area contributed by atoms with Gasteiger partial charge in [0, 0.05) is 13.1 Å². The molecule has 0 saturated carbocycles. The molecule has 1 unspecified atom stereocenters. The normalized spacial score (nSPS) is 14.3. The second-order valence-electron chi connectivity index (χ2n) is 4.39. The first kappa shape index (κ1) is 12.7. The van der Waals surface area contributed by atoms with Gasteiger partial charge >= 0.3 is 6.18 Å². The highest BCUT2D eigenvalue weighted by Crippen LogP contribution is 2.32. The summed E-state index contributed by atoms with van der Waals surface area (Å²) in [4.78, 5) is 4.07. The molecule has 0 bridgehead atoms. The molecular formula is C10H14F3N5. The number of nitrogens with zero attached hydrogens (tertiary/aromatic N) is 4. The van der Waals surface area contributed by atoms with Crippen LogP contribution in [0.15, 0.2) is 0 Å². The van der Waals surface area contributed by atoms with Crippen LogP contribution in [0.3, 0.4) is 0 Å². The molecule has 2 aromatic rings. The Labute approximate surface area is 101 Å². The fraction of sp³-hybridized carbons (Fsp3) is 0.600. The maximum atomic E-state index is 12.4. The average Bonchev–Trinajstić information content (AvgIpc) is 2.63. The zero-order valence-electron chi connectivity index (χ0n) is 10.3. The molecule has 2 aromatic heterocycles. The Morgan fingerprint density at radius 2 is 2.00 bits per heavy atom. The maximum Gasteiger partial charge on any atom is 0.391 e. The minimum absolute atomic E-state index is 0.0813. The van der Waals surface area contributed by atoms with Gasteiger partial charge in [0.2, 0.25) is 5.95 Å². The number of fused-ring (bicyclic) bond motifs is 1. The molecule has 2 rings (SSSR count). The molecule has 8 heteroatoms. The number of nitrogens with two attached hydrogens (primary N) is 1. The van der Waals surface area contributed by atoms with Crippen LogP contribution in [0.25, 0.3) is 11.2 Å². The van der Waals surface area contributed by atoms with E-state index in [0.717, 1.165) is 0 Å². The van der Waals surface area contributed by atoms with Crippen molar-refractivity contribution in [2.75, 3.05) is 5.73 Å². The topological polar surface area (TPSA) is 61.7 Å². The predicted octanol–water partition coefficient (Wildman–Crippen LogP) is 2.17. The van der Waals surface area contributed by atoms with Crippen LogP contribution in [0.4, 0.5) is 19.1 Å². The first-order valence-corrected chi connectivity index (χ1v) is 5.44. The van der Waals surface area contributed by atoms with Crippen molar-refractivity contribution in [2.24, 2.45) is 7.05 Å². The lowest BCUT2D eigenvalue weighted by Crippen LogP contribution is -2.18. The van der Waals surface area contributed by atoms with E-state index >= 15 is 0 Å². The van der Waals surface area contributed by atoms with Gasteiger partial charge in [-0.1, -0.05) is 0 Å². The monoisotopic (exact) mass is 261 g/mol. The van der Waals surface area contributed by atoms with Crippen LogP contribution in [0, 0.1) is 6.92 Å². The first-order valence-electron chi connectivity index (χ1n) is 5.44. The van der Waals surface area contributed by atoms with Crippen LogP contribution < -0.4 is 5.73 Å². The summed E-state index contributed by atoms with van der Waals surface area (Å²) in [5, 5.41) is 4.13. The lowest BCUT2D eigenvalue weighted by Gasteiger charge is -2.17. The summed E-state index contributed by atoms with van der Waals surface area (Å²) < 4.78 is 40.2. The molecule has 1 atom stereocenters. The van der Waals surface area contributed by atoms with Crippen LogP contribution in [0.2, 0.25) is 0 Å². The molecule has 0 saturated heterocycles. The number of nitrogen functional groups attached to an aromatic ring is 1. The standard InChI is InChI=1S/C10H14F3N5/c1-5(4-10(11,12)13)18-8-7(15-9(18)14)6(2)16-17(8)3/h5H,4H2,1-3H3,(H2,14,15). The SMILES string of the molecule is Cc1nn(C)c2c1nc(N)n2C(C)CC(F)(F)F. The Hall–Kier alpha value is -1.73. The number of imidazole rings is 1. The molecule has 2 heterocycles. The van der Waals surface area contributed by atoms with Gasteiger partial charge in [0.15, 0.2) is 5.65 Å². The van der Waals surface area contributed by atoms with Crippen LogP contribution >= 0.6 is 0 Å². The zero-order valence-corrected chi connectivity index (χ0v) is 10.3. The molecule has 0 fully saturated rings. The molecule has 5 nitrogen and oxygen atoms in total. The molecule has 0 radical (unpaired) electrons. The maximum absolute atomic E-state index is 12.4. The smallest absolute Gasteiger partial charge is 0.369 e. The number of anilines is 1. The lowest BCUT2D eigenvalue weighted by atomic mass is 10.2. The second-order valence-corrected chi connectivity index (χ2v) is 4.39. The van der Waals surface area contributed by atoms with Gasteiger partial charge in [0.1, 0.15) is 5.52 Å². The molecule has 100 valence electrons. The van der Waals surface area contributed by atoms with Crippen molar-refractivity contribution < 1.29 is 13.2 Å². The molecule has 0 aliphatic rings. The van der Waals surface area contributed by atoms with E-state index in [1.807, 2.05) is 0 Å². The third kappa shape index (κ3) is 2.02. The fourth-order valence-electron chi connectivity index (χ4n) is 2.17. The van der Waals surface area contributed by atoms with E-state index in [0.29, 0.717) is 16.9 Å². The number of hydrogen-bond donors (Lipinski definition) is 1. The third-order valence-corrected chi connectivity index (χ3v) is 2.83. The van der Waals surface area contributed by atoms with E-state index in [1.165, 1.54) is 16.2 Å². The molecule has 0 aromatic carbocycles. The van der Waals surface area contributed by atoms with E-state index in [4.69, 9.17) is 5.73 Å². The highest BCUT2D eigenvalue weighted by atomic mass is 19.4. The Morgan fingerprint density at radius 3 is 2.56 bits per heavy atom. The van der Waals surface area contributed by atoms with Crippen LogP contribution in [0.1, 0.15) is 25.1 Å². The quantitative estimate of drug-likeness (QED) is 0.901. The second kappa shape index (κ2) is 3.89.